The number of carbonyl (C=O) groups excluding carboxylic acids is 1. The molecule has 0 unspecified atom stereocenters. The van der Waals surface area contributed by atoms with Gasteiger partial charge in [0.2, 0.25) is 0 Å². The lowest BCUT2D eigenvalue weighted by Crippen LogP contribution is -2.23. The summed E-state index contributed by atoms with van der Waals surface area (Å²) >= 11 is 0. The first kappa shape index (κ1) is 17.5. The first-order valence-electron chi connectivity index (χ1n) is 8.09. The van der Waals surface area contributed by atoms with Gasteiger partial charge in [-0.1, -0.05) is 5.21 Å². The number of nitrogens with one attached hydrogen (secondary N) is 1. The molecule has 0 spiro atoms. The Kier molecular flexibility index (Phi) is 4.65. The fourth-order valence-corrected chi connectivity index (χ4v) is 2.61. The highest BCUT2D eigenvalue weighted by Crippen LogP contribution is 2.21. The van der Waals surface area contributed by atoms with E-state index in [1.165, 1.54) is 10.9 Å². The molecule has 0 fully saturated rings. The van der Waals surface area contributed by atoms with Crippen LogP contribution in [-0.2, 0) is 17.9 Å². The minimum absolute atomic E-state index is 0.127. The molecule has 0 aliphatic heterocycles. The molecule has 2 N–H and O–H groups in total. The molecule has 0 atom stereocenters. The predicted octanol–water partition coefficient (Wildman–Crippen LogP) is 0.927. The van der Waals surface area contributed by atoms with Crippen LogP contribution >= 0.6 is 0 Å². The molecule has 3 aromatic heterocycles. The van der Waals surface area contributed by atoms with Gasteiger partial charge in [0, 0.05) is 11.7 Å². The Labute approximate surface area is 148 Å². The van der Waals surface area contributed by atoms with Crippen LogP contribution in [0.2, 0.25) is 0 Å². The number of aryl methyl sites for hydroxylation is 1. The summed E-state index contributed by atoms with van der Waals surface area (Å²) in [5.74, 6) is -1.29. The summed E-state index contributed by atoms with van der Waals surface area (Å²) in [6, 6.07) is 1.84. The van der Waals surface area contributed by atoms with Crippen LogP contribution < -0.4 is 5.32 Å². The minimum atomic E-state index is -1.01. The molecule has 0 bridgehead atoms. The second kappa shape index (κ2) is 6.90. The van der Waals surface area contributed by atoms with E-state index in [4.69, 9.17) is 5.11 Å². The zero-order valence-electron chi connectivity index (χ0n) is 14.7. The smallest absolute Gasteiger partial charge is 0.325 e. The predicted molar refractivity (Wildman–Crippen MR) is 91.5 cm³/mol. The van der Waals surface area contributed by atoms with Crippen molar-refractivity contribution in [2.45, 2.75) is 39.9 Å². The van der Waals surface area contributed by atoms with Crippen molar-refractivity contribution >= 4 is 22.9 Å². The Bertz CT molecular complexity index is 974. The molecule has 26 heavy (non-hydrogen) atoms. The minimum Gasteiger partial charge on any atom is -0.480 e. The van der Waals surface area contributed by atoms with Gasteiger partial charge < -0.3 is 10.4 Å². The third-order valence-electron chi connectivity index (χ3n) is 3.74. The Morgan fingerprint density at radius 2 is 2.12 bits per heavy atom. The lowest BCUT2D eigenvalue weighted by Gasteiger charge is -2.09. The lowest BCUT2D eigenvalue weighted by atomic mass is 10.1. The quantitative estimate of drug-likeness (QED) is 0.671. The topological polar surface area (TPSA) is 128 Å². The third kappa shape index (κ3) is 3.53. The van der Waals surface area contributed by atoms with Gasteiger partial charge in [-0.05, 0) is 26.8 Å². The summed E-state index contributed by atoms with van der Waals surface area (Å²) in [6.45, 7) is 5.68. The Hall–Kier alpha value is -3.30. The molecule has 1 amide bonds. The molecule has 0 saturated heterocycles. The molecule has 0 aromatic carbocycles. The standard InChI is InChI=1S/C16H19N7O3/c1-9(2)23-15-13(6-18-23)12(4-10(3)19-15)16(26)17-5-11-7-22(21-20-11)8-14(24)25/h4,6-7,9H,5,8H2,1-3H3,(H,17,26)(H,24,25). The van der Waals surface area contributed by atoms with E-state index < -0.39 is 5.97 Å². The number of hydrogen-bond acceptors (Lipinski definition) is 6. The molecule has 3 rings (SSSR count). The molecular weight excluding hydrogens is 338 g/mol. The van der Waals surface area contributed by atoms with E-state index in [1.807, 2.05) is 20.8 Å². The highest BCUT2D eigenvalue weighted by atomic mass is 16.4. The molecule has 0 aliphatic carbocycles. The summed E-state index contributed by atoms with van der Waals surface area (Å²) in [5, 5.41) is 24.1. The summed E-state index contributed by atoms with van der Waals surface area (Å²) in [5.41, 5.74) is 2.34. The normalized spacial score (nSPS) is 11.2. The van der Waals surface area contributed by atoms with Crippen molar-refractivity contribution in [3.05, 3.63) is 35.4 Å². The first-order valence-corrected chi connectivity index (χ1v) is 8.09. The monoisotopic (exact) mass is 357 g/mol. The van der Waals surface area contributed by atoms with Crippen molar-refractivity contribution in [2.75, 3.05) is 0 Å². The van der Waals surface area contributed by atoms with Crippen LogP contribution in [0.15, 0.2) is 18.5 Å². The number of hydrogen-bond donors (Lipinski definition) is 2. The number of carboxylic acids is 1. The van der Waals surface area contributed by atoms with Crippen molar-refractivity contribution in [1.82, 2.24) is 35.1 Å². The second-order valence-corrected chi connectivity index (χ2v) is 6.22. The Morgan fingerprint density at radius 1 is 1.35 bits per heavy atom. The molecule has 136 valence electrons. The van der Waals surface area contributed by atoms with Gasteiger partial charge in [-0.15, -0.1) is 5.10 Å². The molecule has 0 saturated carbocycles. The maximum atomic E-state index is 12.6. The van der Waals surface area contributed by atoms with Crippen LogP contribution in [0, 0.1) is 6.92 Å². The van der Waals surface area contributed by atoms with Crippen LogP contribution in [0.1, 0.15) is 41.6 Å². The first-order chi connectivity index (χ1) is 12.3. The number of rotatable bonds is 6. The molecule has 0 radical (unpaired) electrons. The second-order valence-electron chi connectivity index (χ2n) is 6.22. The highest BCUT2D eigenvalue weighted by Gasteiger charge is 2.17. The van der Waals surface area contributed by atoms with Gasteiger partial charge in [0.15, 0.2) is 5.65 Å². The molecular formula is C16H19N7O3. The Balaban J connectivity index is 1.79. The third-order valence-corrected chi connectivity index (χ3v) is 3.74. The van der Waals surface area contributed by atoms with Gasteiger partial charge in [0.1, 0.15) is 12.2 Å². The molecule has 0 aliphatic rings. The summed E-state index contributed by atoms with van der Waals surface area (Å²) in [4.78, 5) is 27.8. The number of nitrogens with zero attached hydrogens (tertiary/aromatic N) is 6. The van der Waals surface area contributed by atoms with E-state index in [-0.39, 0.29) is 25.0 Å². The number of pyridine rings is 1. The van der Waals surface area contributed by atoms with Crippen LogP contribution in [0.25, 0.3) is 11.0 Å². The highest BCUT2D eigenvalue weighted by molar-refractivity contribution is 6.05. The lowest BCUT2D eigenvalue weighted by molar-refractivity contribution is -0.137. The van der Waals surface area contributed by atoms with Crippen LogP contribution in [0.3, 0.4) is 0 Å². The number of aromatic nitrogens is 6. The van der Waals surface area contributed by atoms with Crippen LogP contribution in [0.4, 0.5) is 0 Å². The maximum Gasteiger partial charge on any atom is 0.325 e. The molecule has 3 aromatic rings. The van der Waals surface area contributed by atoms with E-state index in [0.717, 1.165) is 5.69 Å². The van der Waals surface area contributed by atoms with Gasteiger partial charge in [0.25, 0.3) is 5.91 Å². The van der Waals surface area contributed by atoms with Crippen molar-refractivity contribution in [3.63, 3.8) is 0 Å². The summed E-state index contributed by atoms with van der Waals surface area (Å²) < 4.78 is 2.97. The zero-order valence-corrected chi connectivity index (χ0v) is 14.7. The van der Waals surface area contributed by atoms with Crippen LogP contribution in [0.5, 0.6) is 0 Å². The van der Waals surface area contributed by atoms with Crippen molar-refractivity contribution in [3.8, 4) is 0 Å². The van der Waals surface area contributed by atoms with E-state index in [1.54, 1.807) is 16.9 Å². The molecule has 10 heteroatoms. The average Bonchev–Trinajstić information content (AvgIpc) is 3.17. The van der Waals surface area contributed by atoms with E-state index in [9.17, 15) is 9.59 Å². The fraction of sp³-hybridized carbons (Fsp3) is 0.375. The maximum absolute atomic E-state index is 12.6. The van der Waals surface area contributed by atoms with E-state index in [0.29, 0.717) is 22.3 Å². The average molecular weight is 357 g/mol. The van der Waals surface area contributed by atoms with Gasteiger partial charge in [-0.3, -0.25) is 9.59 Å². The number of amides is 1. The fourth-order valence-electron chi connectivity index (χ4n) is 2.61. The van der Waals surface area contributed by atoms with Crippen molar-refractivity contribution in [1.29, 1.82) is 0 Å². The van der Waals surface area contributed by atoms with Crippen molar-refractivity contribution < 1.29 is 14.7 Å². The SMILES string of the molecule is Cc1cc(C(=O)NCc2cn(CC(=O)O)nn2)c2cnn(C(C)C)c2n1. The van der Waals surface area contributed by atoms with Crippen LogP contribution in [-0.4, -0.2) is 46.7 Å². The Morgan fingerprint density at radius 3 is 2.81 bits per heavy atom. The van der Waals surface area contributed by atoms with Gasteiger partial charge in [-0.2, -0.15) is 5.10 Å². The molecule has 3 heterocycles. The van der Waals surface area contributed by atoms with E-state index in [2.05, 4.69) is 25.7 Å². The summed E-state index contributed by atoms with van der Waals surface area (Å²) in [7, 11) is 0. The molecule has 10 nitrogen and oxygen atoms in total. The van der Waals surface area contributed by atoms with Gasteiger partial charge in [-0.25, -0.2) is 14.3 Å². The van der Waals surface area contributed by atoms with Gasteiger partial charge >= 0.3 is 5.97 Å². The van der Waals surface area contributed by atoms with Crippen molar-refractivity contribution in [2.24, 2.45) is 0 Å². The largest absolute Gasteiger partial charge is 0.480 e. The number of aliphatic carboxylic acids is 1. The number of carboxylic acid groups (broad SMARTS) is 1. The van der Waals surface area contributed by atoms with E-state index >= 15 is 0 Å². The summed E-state index contributed by atoms with van der Waals surface area (Å²) in [6.07, 6.45) is 3.12. The van der Waals surface area contributed by atoms with Gasteiger partial charge in [0.05, 0.1) is 29.9 Å². The zero-order chi connectivity index (χ0) is 18.8. The number of fused-ring (bicyclic) bond motifs is 1. The number of carbonyl (C=O) groups is 2.